The highest BCUT2D eigenvalue weighted by atomic mass is 32.1. The molecule has 2 aliphatic rings. The number of carboxylic acid groups (broad SMARTS) is 1. The van der Waals surface area contributed by atoms with Crippen LogP contribution in [0.25, 0.3) is 0 Å². The number of carbonyl (C=O) groups excluding carboxylic acids is 1. The summed E-state index contributed by atoms with van der Waals surface area (Å²) in [5.41, 5.74) is 0. The average molecular weight is 281 g/mol. The Morgan fingerprint density at radius 3 is 2.74 bits per heavy atom. The van der Waals surface area contributed by atoms with Gasteiger partial charge in [0.05, 0.1) is 30.6 Å². The van der Waals surface area contributed by atoms with Crippen molar-refractivity contribution in [2.24, 2.45) is 11.8 Å². The van der Waals surface area contributed by atoms with E-state index in [9.17, 15) is 14.7 Å². The molecule has 2 bridgehead atoms. The van der Waals surface area contributed by atoms with Crippen LogP contribution in [-0.4, -0.2) is 29.2 Å². The molecule has 0 saturated carbocycles. The molecule has 2 saturated heterocycles. The van der Waals surface area contributed by atoms with Crippen molar-refractivity contribution in [1.82, 2.24) is 5.32 Å². The number of rotatable bonds is 4. The summed E-state index contributed by atoms with van der Waals surface area (Å²) in [6.07, 6.45) is 1.01. The predicted molar refractivity (Wildman–Crippen MR) is 68.7 cm³/mol. The summed E-state index contributed by atoms with van der Waals surface area (Å²) in [6, 6.07) is 3.86. The van der Waals surface area contributed by atoms with Gasteiger partial charge in [-0.1, -0.05) is 6.07 Å². The maximum Gasteiger partial charge on any atom is 0.310 e. The molecule has 3 rings (SSSR count). The van der Waals surface area contributed by atoms with Gasteiger partial charge in [-0.3, -0.25) is 9.59 Å². The van der Waals surface area contributed by atoms with E-state index in [1.165, 1.54) is 0 Å². The molecule has 19 heavy (non-hydrogen) atoms. The lowest BCUT2D eigenvalue weighted by Crippen LogP contribution is -2.43. The van der Waals surface area contributed by atoms with Gasteiger partial charge >= 0.3 is 5.97 Å². The Morgan fingerprint density at radius 2 is 2.11 bits per heavy atom. The zero-order valence-corrected chi connectivity index (χ0v) is 11.1. The van der Waals surface area contributed by atoms with E-state index in [4.69, 9.17) is 4.74 Å². The van der Waals surface area contributed by atoms with Crippen molar-refractivity contribution in [3.05, 3.63) is 22.4 Å². The molecule has 0 radical (unpaired) electrons. The first kappa shape index (κ1) is 12.6. The van der Waals surface area contributed by atoms with E-state index in [2.05, 4.69) is 5.32 Å². The standard InChI is InChI=1S/C13H15NO4S/c15-12(14-6-7-2-1-5-19-7)10-8-3-4-9(18-8)11(10)13(16)17/h1-2,5,8-11H,3-4,6H2,(H,14,15)(H,16,17)/t8-,9-,10-,11-/m0/s1. The molecule has 1 aromatic rings. The summed E-state index contributed by atoms with van der Waals surface area (Å²) in [5, 5.41) is 14.0. The van der Waals surface area contributed by atoms with Crippen molar-refractivity contribution in [1.29, 1.82) is 0 Å². The van der Waals surface area contributed by atoms with Gasteiger partial charge in [-0.15, -0.1) is 11.3 Å². The van der Waals surface area contributed by atoms with Gasteiger partial charge in [0, 0.05) is 4.88 Å². The van der Waals surface area contributed by atoms with Crippen LogP contribution in [0, 0.1) is 11.8 Å². The molecule has 0 aliphatic carbocycles. The van der Waals surface area contributed by atoms with Gasteiger partial charge in [0.25, 0.3) is 0 Å². The fraction of sp³-hybridized carbons (Fsp3) is 0.538. The second-order valence-corrected chi connectivity index (χ2v) is 6.01. The minimum Gasteiger partial charge on any atom is -0.481 e. The molecular weight excluding hydrogens is 266 g/mol. The van der Waals surface area contributed by atoms with E-state index in [1.807, 2.05) is 17.5 Å². The van der Waals surface area contributed by atoms with Crippen LogP contribution in [-0.2, 0) is 20.9 Å². The summed E-state index contributed by atoms with van der Waals surface area (Å²) in [4.78, 5) is 24.5. The van der Waals surface area contributed by atoms with Crippen LogP contribution in [0.3, 0.4) is 0 Å². The second-order valence-electron chi connectivity index (χ2n) is 4.98. The summed E-state index contributed by atoms with van der Waals surface area (Å²) in [7, 11) is 0. The number of carboxylic acids is 1. The van der Waals surface area contributed by atoms with Gasteiger partial charge in [0.1, 0.15) is 0 Å². The number of thiophene rings is 1. The van der Waals surface area contributed by atoms with Gasteiger partial charge < -0.3 is 15.2 Å². The first-order valence-electron chi connectivity index (χ1n) is 6.35. The Labute approximate surface area is 114 Å². The van der Waals surface area contributed by atoms with Crippen LogP contribution in [0.5, 0.6) is 0 Å². The molecule has 0 spiro atoms. The quantitative estimate of drug-likeness (QED) is 0.870. The van der Waals surface area contributed by atoms with Gasteiger partial charge in [-0.05, 0) is 24.3 Å². The van der Waals surface area contributed by atoms with E-state index in [1.54, 1.807) is 11.3 Å². The van der Waals surface area contributed by atoms with Gasteiger partial charge in [-0.2, -0.15) is 0 Å². The van der Waals surface area contributed by atoms with Crippen LogP contribution in [0.4, 0.5) is 0 Å². The maximum atomic E-state index is 12.2. The molecule has 6 heteroatoms. The number of amides is 1. The fourth-order valence-electron chi connectivity index (χ4n) is 3.03. The molecule has 3 heterocycles. The van der Waals surface area contributed by atoms with Crippen LogP contribution in [0.2, 0.25) is 0 Å². The maximum absolute atomic E-state index is 12.2. The number of fused-ring (bicyclic) bond motifs is 2. The normalized spacial score (nSPS) is 32.4. The van der Waals surface area contributed by atoms with E-state index in [0.29, 0.717) is 6.54 Å². The van der Waals surface area contributed by atoms with Crippen molar-refractivity contribution in [2.75, 3.05) is 0 Å². The predicted octanol–water partition coefficient (Wildman–Crippen LogP) is 1.24. The van der Waals surface area contributed by atoms with E-state index in [0.717, 1.165) is 17.7 Å². The third kappa shape index (κ3) is 2.26. The van der Waals surface area contributed by atoms with Crippen LogP contribution < -0.4 is 5.32 Å². The SMILES string of the molecule is O=C(O)[C@@H]1[C@@H](C(=O)NCc2cccs2)[C@@H]2CC[C@@H]1O2. The number of aliphatic carboxylic acids is 1. The number of nitrogens with one attached hydrogen (secondary N) is 1. The molecule has 2 aliphatic heterocycles. The number of hydrogen-bond donors (Lipinski definition) is 2. The Balaban J connectivity index is 1.66. The number of hydrogen-bond acceptors (Lipinski definition) is 4. The first-order valence-corrected chi connectivity index (χ1v) is 7.23. The molecule has 1 aromatic heterocycles. The molecule has 102 valence electrons. The smallest absolute Gasteiger partial charge is 0.310 e. The Morgan fingerprint density at radius 1 is 1.37 bits per heavy atom. The molecular formula is C13H15NO4S. The number of ether oxygens (including phenoxy) is 1. The Bertz CT molecular complexity index is 487. The van der Waals surface area contributed by atoms with Gasteiger partial charge in [0.2, 0.25) is 5.91 Å². The molecule has 2 N–H and O–H groups in total. The van der Waals surface area contributed by atoms with Crippen molar-refractivity contribution in [3.8, 4) is 0 Å². The summed E-state index contributed by atoms with van der Waals surface area (Å²) in [5.74, 6) is -2.37. The van der Waals surface area contributed by atoms with E-state index >= 15 is 0 Å². The lowest BCUT2D eigenvalue weighted by molar-refractivity contribution is -0.147. The zero-order valence-electron chi connectivity index (χ0n) is 10.2. The molecule has 1 amide bonds. The monoisotopic (exact) mass is 281 g/mol. The van der Waals surface area contributed by atoms with Gasteiger partial charge in [-0.25, -0.2) is 0 Å². The fourth-order valence-corrected chi connectivity index (χ4v) is 3.67. The first-order chi connectivity index (χ1) is 9.16. The van der Waals surface area contributed by atoms with Crippen LogP contribution in [0.15, 0.2) is 17.5 Å². The highest BCUT2D eigenvalue weighted by Gasteiger charge is 2.55. The molecule has 2 fully saturated rings. The third-order valence-electron chi connectivity index (χ3n) is 3.88. The minimum absolute atomic E-state index is 0.201. The minimum atomic E-state index is -0.927. The zero-order chi connectivity index (χ0) is 13.4. The van der Waals surface area contributed by atoms with Crippen molar-refractivity contribution in [3.63, 3.8) is 0 Å². The summed E-state index contributed by atoms with van der Waals surface area (Å²) in [6.45, 7) is 0.455. The highest BCUT2D eigenvalue weighted by Crippen LogP contribution is 2.43. The van der Waals surface area contributed by atoms with E-state index in [-0.39, 0.29) is 18.1 Å². The lowest BCUT2D eigenvalue weighted by atomic mass is 9.79. The highest BCUT2D eigenvalue weighted by molar-refractivity contribution is 7.09. The Hall–Kier alpha value is -1.40. The van der Waals surface area contributed by atoms with Crippen molar-refractivity contribution >= 4 is 23.2 Å². The summed E-state index contributed by atoms with van der Waals surface area (Å²) >= 11 is 1.57. The van der Waals surface area contributed by atoms with Crippen LogP contribution in [0.1, 0.15) is 17.7 Å². The van der Waals surface area contributed by atoms with Crippen molar-refractivity contribution in [2.45, 2.75) is 31.6 Å². The Kier molecular flexibility index (Phi) is 3.28. The third-order valence-corrected chi connectivity index (χ3v) is 4.75. The van der Waals surface area contributed by atoms with E-state index < -0.39 is 17.8 Å². The average Bonchev–Trinajstić information content (AvgIpc) is 3.10. The van der Waals surface area contributed by atoms with Crippen LogP contribution >= 0.6 is 11.3 Å². The topological polar surface area (TPSA) is 75.6 Å². The molecule has 5 nitrogen and oxygen atoms in total. The number of carbonyl (C=O) groups is 2. The summed E-state index contributed by atoms with van der Waals surface area (Å²) < 4.78 is 5.58. The molecule has 0 unspecified atom stereocenters. The van der Waals surface area contributed by atoms with Crippen molar-refractivity contribution < 1.29 is 19.4 Å². The largest absolute Gasteiger partial charge is 0.481 e. The van der Waals surface area contributed by atoms with Gasteiger partial charge in [0.15, 0.2) is 0 Å². The molecule has 0 aromatic carbocycles. The molecule has 4 atom stereocenters. The lowest BCUT2D eigenvalue weighted by Gasteiger charge is -2.23. The second kappa shape index (κ2) is 4.94.